The molecule has 1 atom stereocenters. The fourth-order valence-corrected chi connectivity index (χ4v) is 13.5. The number of benzene rings is 2. The van der Waals surface area contributed by atoms with Gasteiger partial charge in [0, 0.05) is 0 Å². The summed E-state index contributed by atoms with van der Waals surface area (Å²) in [6.07, 6.45) is 8.93. The molecule has 0 heterocycles. The second-order valence-corrected chi connectivity index (χ2v) is 17.8. The Morgan fingerprint density at radius 2 is 1.67 bits per heavy atom. The van der Waals surface area contributed by atoms with Crippen LogP contribution in [0.25, 0.3) is 11.1 Å². The van der Waals surface area contributed by atoms with Crippen LogP contribution in [0.1, 0.15) is 76.6 Å². The Kier molecular flexibility index (Phi) is 9.40. The molecule has 2 aliphatic rings. The van der Waals surface area contributed by atoms with Gasteiger partial charge in [-0.25, -0.2) is 0 Å². The van der Waals surface area contributed by atoms with Crippen molar-refractivity contribution in [3.8, 4) is 11.1 Å². The van der Waals surface area contributed by atoms with Crippen LogP contribution < -0.4 is 28.1 Å². The van der Waals surface area contributed by atoms with E-state index >= 15 is 0 Å². The number of fused-ring (bicyclic) bond motifs is 3. The van der Waals surface area contributed by atoms with Gasteiger partial charge in [-0.3, -0.25) is 0 Å². The summed E-state index contributed by atoms with van der Waals surface area (Å²) in [5, 5.41) is 0. The van der Waals surface area contributed by atoms with Gasteiger partial charge in [-0.2, -0.15) is 0 Å². The van der Waals surface area contributed by atoms with Gasteiger partial charge in [-0.15, -0.1) is 0 Å². The maximum absolute atomic E-state index is 2.65. The number of allylic oxidation sites excluding steroid dienone is 4. The summed E-state index contributed by atoms with van der Waals surface area (Å²) in [7, 11) is 0. The molecule has 2 aromatic carbocycles. The zero-order valence-corrected chi connectivity index (χ0v) is 25.5. The summed E-state index contributed by atoms with van der Waals surface area (Å²) in [4.78, 5) is 0. The molecule has 2 aliphatic carbocycles. The largest absolute Gasteiger partial charge is 1.00 e. The molecule has 0 saturated carbocycles. The normalized spacial score (nSPS) is 15.9. The third-order valence-electron chi connectivity index (χ3n) is 7.03. The van der Waals surface area contributed by atoms with E-state index in [9.17, 15) is 0 Å². The number of halogens is 2. The van der Waals surface area contributed by atoms with Gasteiger partial charge >= 0.3 is 198 Å². The smallest absolute Gasteiger partial charge is 1.00 e. The molecule has 0 aliphatic heterocycles. The van der Waals surface area contributed by atoms with E-state index in [-0.39, 0.29) is 30.2 Å². The van der Waals surface area contributed by atoms with Crippen molar-refractivity contribution in [1.29, 1.82) is 0 Å². The number of hydrogen-bond donors (Lipinski definition) is 0. The molecule has 2 aromatic rings. The quantitative estimate of drug-likeness (QED) is 0.455. The van der Waals surface area contributed by atoms with Crippen molar-refractivity contribution in [3.63, 3.8) is 0 Å². The number of rotatable bonds is 4. The zero-order valence-electron chi connectivity index (χ0n) is 21.5. The van der Waals surface area contributed by atoms with E-state index < -0.39 is 21.3 Å². The van der Waals surface area contributed by atoms with Gasteiger partial charge in [-0.1, -0.05) is 0 Å². The molecule has 0 saturated heterocycles. The summed E-state index contributed by atoms with van der Waals surface area (Å²) < 4.78 is 5.30. The summed E-state index contributed by atoms with van der Waals surface area (Å²) in [6, 6.07) is 11.9. The Balaban J connectivity index is 0.00000193. The molecule has 176 valence electrons. The molecule has 33 heavy (non-hydrogen) atoms. The molecule has 0 N–H and O–H groups in total. The van der Waals surface area contributed by atoms with E-state index in [1.165, 1.54) is 40.7 Å². The standard InChI is InChI=1S/C15H13.C12H19.C3H6.2ClH.Zr/c1-10-3-5-14-12(7-10)9-13-8-11(2)4-6-15(13)14;1-5-6-10-7-8-11(9-10)12(2,3)4;1-3-2;;;/h3-7H,9H2,1-2H3;8-10H,5-6H2,1-4H3;1-2H3;2*1H;/q;;;;;+2/p-2. The van der Waals surface area contributed by atoms with E-state index in [0.717, 1.165) is 6.42 Å². The van der Waals surface area contributed by atoms with Gasteiger partial charge in [0.2, 0.25) is 0 Å². The molecule has 3 heteroatoms. The first-order valence-electron chi connectivity index (χ1n) is 12.0. The van der Waals surface area contributed by atoms with Crippen LogP contribution in [0.3, 0.4) is 0 Å². The summed E-state index contributed by atoms with van der Waals surface area (Å²) in [5.41, 5.74) is 10.8. The molecule has 4 rings (SSSR count). The predicted octanol–water partition coefficient (Wildman–Crippen LogP) is 1.62. The van der Waals surface area contributed by atoms with Crippen molar-refractivity contribution in [2.45, 2.75) is 74.7 Å². The first-order valence-corrected chi connectivity index (χ1v) is 15.6. The second kappa shape index (κ2) is 10.9. The molecular formula is C30H38Cl2Zr. The minimum atomic E-state index is -2.18. The van der Waals surface area contributed by atoms with Crippen molar-refractivity contribution in [2.24, 2.45) is 11.3 Å². The van der Waals surface area contributed by atoms with Crippen molar-refractivity contribution < 1.29 is 46.1 Å². The average Bonchev–Trinajstić information content (AvgIpc) is 3.25. The third-order valence-corrected chi connectivity index (χ3v) is 15.1. The maximum Gasteiger partial charge on any atom is -1.00 e. The fraction of sp³-hybridized carbons (Fsp3) is 0.433. The Morgan fingerprint density at radius 3 is 2.27 bits per heavy atom. The minimum Gasteiger partial charge on any atom is -1.00 e. The van der Waals surface area contributed by atoms with Gasteiger partial charge in [0.25, 0.3) is 0 Å². The molecule has 0 bridgehead atoms. The van der Waals surface area contributed by atoms with Crippen LogP contribution in [0.5, 0.6) is 0 Å². The van der Waals surface area contributed by atoms with Crippen molar-refractivity contribution in [2.75, 3.05) is 0 Å². The molecule has 0 nitrogen and oxygen atoms in total. The summed E-state index contributed by atoms with van der Waals surface area (Å²) >= 11 is -2.18. The van der Waals surface area contributed by atoms with E-state index in [1.807, 2.05) is 3.28 Å². The maximum atomic E-state index is 2.65. The average molecular weight is 561 g/mol. The SMILES string of the molecule is CCCC1C=C(C(C)(C)C)C=[C]1[Zr+2](=[C](C)C)[c]1c(C)ccc2c1Cc1cc(C)ccc1-2.[Cl-].[Cl-]. The summed E-state index contributed by atoms with van der Waals surface area (Å²) in [6.45, 7) is 18.9. The van der Waals surface area contributed by atoms with E-state index in [4.69, 9.17) is 0 Å². The van der Waals surface area contributed by atoms with Gasteiger partial charge in [0.05, 0.1) is 0 Å². The van der Waals surface area contributed by atoms with Crippen LogP contribution in [0.4, 0.5) is 0 Å². The molecule has 1 unspecified atom stereocenters. The van der Waals surface area contributed by atoms with Crippen LogP contribution in [-0.2, 0) is 27.7 Å². The monoisotopic (exact) mass is 558 g/mol. The molecule has 0 radical (unpaired) electrons. The van der Waals surface area contributed by atoms with Crippen molar-refractivity contribution >= 4 is 6.48 Å². The Labute approximate surface area is 221 Å². The minimum absolute atomic E-state index is 0. The van der Waals surface area contributed by atoms with Crippen LogP contribution in [0.15, 0.2) is 51.3 Å². The molecule has 0 spiro atoms. The Hall–Kier alpha value is -0.747. The summed E-state index contributed by atoms with van der Waals surface area (Å²) in [5.74, 6) is 0.643. The van der Waals surface area contributed by atoms with Crippen LogP contribution in [-0.4, -0.2) is 3.21 Å². The van der Waals surface area contributed by atoms with E-state index in [0.29, 0.717) is 5.92 Å². The zero-order chi connectivity index (χ0) is 22.5. The first-order chi connectivity index (χ1) is 14.6. The van der Waals surface area contributed by atoms with Crippen molar-refractivity contribution in [1.82, 2.24) is 0 Å². The topological polar surface area (TPSA) is 0 Å². The fourth-order valence-electron chi connectivity index (χ4n) is 5.46. The van der Waals surface area contributed by atoms with Gasteiger partial charge < -0.3 is 24.8 Å². The predicted molar refractivity (Wildman–Crippen MR) is 134 cm³/mol. The van der Waals surface area contributed by atoms with Crippen LogP contribution in [0, 0.1) is 25.2 Å². The Morgan fingerprint density at radius 1 is 1.00 bits per heavy atom. The van der Waals surface area contributed by atoms with Gasteiger partial charge in [0.15, 0.2) is 0 Å². The second-order valence-electron chi connectivity index (χ2n) is 10.9. The molecule has 0 fully saturated rings. The van der Waals surface area contributed by atoms with E-state index in [2.05, 4.69) is 97.9 Å². The van der Waals surface area contributed by atoms with Gasteiger partial charge in [-0.05, 0) is 0 Å². The third kappa shape index (κ3) is 5.42. The van der Waals surface area contributed by atoms with Gasteiger partial charge in [0.1, 0.15) is 0 Å². The first kappa shape index (κ1) is 28.5. The molecule has 0 amide bonds. The van der Waals surface area contributed by atoms with Crippen LogP contribution >= 0.6 is 0 Å². The molecule has 0 aromatic heterocycles. The number of aryl methyl sites for hydroxylation is 2. The van der Waals surface area contributed by atoms with E-state index in [1.54, 1.807) is 17.6 Å². The van der Waals surface area contributed by atoms with Crippen LogP contribution in [0.2, 0.25) is 0 Å². The molecular weight excluding hydrogens is 522 g/mol. The van der Waals surface area contributed by atoms with Crippen molar-refractivity contribution in [3.05, 3.63) is 73.6 Å². The number of hydrogen-bond acceptors (Lipinski definition) is 0. The Bertz CT molecular complexity index is 1140.